The maximum absolute atomic E-state index is 13.1. The molecule has 0 spiro atoms. The molecular formula is C18H25F3N2O4. The van der Waals surface area contributed by atoms with E-state index in [1.165, 1.54) is 4.90 Å². The van der Waals surface area contributed by atoms with Crippen molar-refractivity contribution in [3.63, 3.8) is 0 Å². The van der Waals surface area contributed by atoms with Crippen LogP contribution in [0.3, 0.4) is 0 Å². The van der Waals surface area contributed by atoms with Gasteiger partial charge in [0.05, 0.1) is 0 Å². The largest absolute Gasteiger partial charge is 0.480 e. The third-order valence-electron chi connectivity index (χ3n) is 6.68. The van der Waals surface area contributed by atoms with E-state index in [0.29, 0.717) is 12.8 Å². The summed E-state index contributed by atoms with van der Waals surface area (Å²) >= 11 is 0. The van der Waals surface area contributed by atoms with Crippen molar-refractivity contribution in [2.45, 2.75) is 64.2 Å². The quantitative estimate of drug-likeness (QED) is 0.770. The van der Waals surface area contributed by atoms with Crippen molar-refractivity contribution in [3.8, 4) is 0 Å². The van der Waals surface area contributed by atoms with E-state index in [1.54, 1.807) is 0 Å². The van der Waals surface area contributed by atoms with Crippen molar-refractivity contribution in [1.82, 2.24) is 10.2 Å². The van der Waals surface area contributed by atoms with E-state index in [2.05, 4.69) is 0 Å². The molecule has 9 heteroatoms. The number of rotatable bonds is 4. The van der Waals surface area contributed by atoms with E-state index in [-0.39, 0.29) is 23.8 Å². The Bertz CT molecular complexity index is 643. The monoisotopic (exact) mass is 390 g/mol. The number of fused-ring (bicyclic) bond motifs is 1. The summed E-state index contributed by atoms with van der Waals surface area (Å²) in [5.41, 5.74) is -0.199. The third kappa shape index (κ3) is 3.52. The number of carbonyl (C=O) groups excluding carboxylic acids is 2. The van der Waals surface area contributed by atoms with Gasteiger partial charge in [-0.3, -0.25) is 9.59 Å². The summed E-state index contributed by atoms with van der Waals surface area (Å²) in [7, 11) is 0. The second kappa shape index (κ2) is 6.67. The van der Waals surface area contributed by atoms with Crippen LogP contribution < -0.4 is 5.32 Å². The summed E-state index contributed by atoms with van der Waals surface area (Å²) < 4.78 is 38.3. The highest BCUT2D eigenvalue weighted by Crippen LogP contribution is 2.65. The average Bonchev–Trinajstić information content (AvgIpc) is 2.96. The molecule has 1 heterocycles. The first kappa shape index (κ1) is 19.9. The van der Waals surface area contributed by atoms with Crippen LogP contribution in [0.25, 0.3) is 0 Å². The van der Waals surface area contributed by atoms with Crippen molar-refractivity contribution in [3.05, 3.63) is 0 Å². The predicted molar refractivity (Wildman–Crippen MR) is 88.5 cm³/mol. The zero-order valence-corrected chi connectivity index (χ0v) is 15.4. The Kier molecular flexibility index (Phi) is 4.93. The molecule has 1 saturated heterocycles. The fraction of sp³-hybridized carbons (Fsp3) is 0.833. The molecule has 2 N–H and O–H groups in total. The van der Waals surface area contributed by atoms with E-state index < -0.39 is 42.0 Å². The highest BCUT2D eigenvalue weighted by Gasteiger charge is 2.70. The van der Waals surface area contributed by atoms with Gasteiger partial charge in [-0.2, -0.15) is 13.2 Å². The Morgan fingerprint density at radius 1 is 1.15 bits per heavy atom. The lowest BCUT2D eigenvalue weighted by Gasteiger charge is -2.36. The van der Waals surface area contributed by atoms with Gasteiger partial charge in [0, 0.05) is 12.5 Å². The third-order valence-corrected chi connectivity index (χ3v) is 6.68. The lowest BCUT2D eigenvalue weighted by Crippen LogP contribution is -2.58. The number of hydrogen-bond donors (Lipinski definition) is 2. The number of carboxylic acid groups (broad SMARTS) is 1. The Morgan fingerprint density at radius 2 is 1.74 bits per heavy atom. The second-order valence-corrected chi connectivity index (χ2v) is 8.57. The highest BCUT2D eigenvalue weighted by atomic mass is 19.4. The van der Waals surface area contributed by atoms with E-state index in [9.17, 15) is 32.7 Å². The first-order valence-electron chi connectivity index (χ1n) is 9.37. The van der Waals surface area contributed by atoms with Crippen LogP contribution in [0.4, 0.5) is 13.2 Å². The summed E-state index contributed by atoms with van der Waals surface area (Å²) in [4.78, 5) is 37.5. The van der Waals surface area contributed by atoms with Crippen LogP contribution in [0.15, 0.2) is 0 Å². The molecule has 4 atom stereocenters. The molecule has 0 aromatic rings. The minimum atomic E-state index is -5.09. The molecule has 152 valence electrons. The molecule has 3 fully saturated rings. The summed E-state index contributed by atoms with van der Waals surface area (Å²) in [5, 5.41) is 11.5. The summed E-state index contributed by atoms with van der Waals surface area (Å²) in [5.74, 6) is -4.59. The molecule has 0 bridgehead atoms. The van der Waals surface area contributed by atoms with Gasteiger partial charge in [-0.1, -0.05) is 33.1 Å². The zero-order chi connectivity index (χ0) is 20.1. The Balaban J connectivity index is 1.82. The molecule has 0 aromatic carbocycles. The standard InChI is InChI=1S/C18H25F3N2O4/c1-17(2)10-8-23(13(11(10)17)15(25)26)14(24)12(9-6-4-3-5-7-9)22-16(27)18(19,20)21/h9-13H,3-8H2,1-2H3,(H,22,27)(H,25,26)/t10-,11-,12-,13-/m0/s1. The SMILES string of the molecule is CC1(C)[C@@H]2[C@@H](C(=O)O)N(C(=O)[C@@H](NC(=O)C(F)(F)F)C3CCCCC3)C[C@@H]21. The van der Waals surface area contributed by atoms with Gasteiger partial charge in [-0.15, -0.1) is 0 Å². The summed E-state index contributed by atoms with van der Waals surface area (Å²) in [6.45, 7) is 4.08. The van der Waals surface area contributed by atoms with E-state index in [0.717, 1.165) is 19.3 Å². The van der Waals surface area contributed by atoms with E-state index >= 15 is 0 Å². The number of nitrogens with one attached hydrogen (secondary N) is 1. The molecule has 2 amide bonds. The molecule has 3 rings (SSSR count). The number of hydrogen-bond acceptors (Lipinski definition) is 3. The molecule has 2 saturated carbocycles. The highest BCUT2D eigenvalue weighted by molar-refractivity contribution is 5.93. The fourth-order valence-electron chi connectivity index (χ4n) is 5.05. The number of nitrogens with zero attached hydrogens (tertiary/aromatic N) is 1. The minimum absolute atomic E-state index is 0.0212. The number of likely N-dealkylation sites (tertiary alicyclic amines) is 1. The van der Waals surface area contributed by atoms with Crippen molar-refractivity contribution < 1.29 is 32.7 Å². The smallest absolute Gasteiger partial charge is 0.471 e. The molecule has 27 heavy (non-hydrogen) atoms. The van der Waals surface area contributed by atoms with E-state index in [4.69, 9.17) is 0 Å². The fourth-order valence-corrected chi connectivity index (χ4v) is 5.05. The van der Waals surface area contributed by atoms with Crippen LogP contribution >= 0.6 is 0 Å². The summed E-state index contributed by atoms with van der Waals surface area (Å²) in [6, 6.07) is -2.38. The molecule has 6 nitrogen and oxygen atoms in total. The molecule has 0 aromatic heterocycles. The average molecular weight is 390 g/mol. The number of aliphatic carboxylic acids is 1. The number of halogens is 3. The second-order valence-electron chi connectivity index (χ2n) is 8.57. The predicted octanol–water partition coefficient (Wildman–Crippen LogP) is 2.18. The van der Waals surface area contributed by atoms with Crippen LogP contribution in [0.2, 0.25) is 0 Å². The van der Waals surface area contributed by atoms with Crippen molar-refractivity contribution in [2.24, 2.45) is 23.2 Å². The maximum Gasteiger partial charge on any atom is 0.471 e. The molecule has 0 radical (unpaired) electrons. The van der Waals surface area contributed by atoms with E-state index in [1.807, 2.05) is 19.2 Å². The zero-order valence-electron chi connectivity index (χ0n) is 15.4. The molecular weight excluding hydrogens is 365 g/mol. The Labute approximate surface area is 155 Å². The molecule has 0 unspecified atom stereocenters. The van der Waals surface area contributed by atoms with Crippen LogP contribution in [-0.4, -0.2) is 52.6 Å². The van der Waals surface area contributed by atoms with Gasteiger partial charge >= 0.3 is 18.1 Å². The van der Waals surface area contributed by atoms with Crippen LogP contribution in [0.1, 0.15) is 46.0 Å². The minimum Gasteiger partial charge on any atom is -0.480 e. The Morgan fingerprint density at radius 3 is 2.26 bits per heavy atom. The Hall–Kier alpha value is -1.80. The van der Waals surface area contributed by atoms with Gasteiger partial charge in [0.25, 0.3) is 0 Å². The topological polar surface area (TPSA) is 86.7 Å². The number of piperidine rings is 1. The van der Waals surface area contributed by atoms with Gasteiger partial charge in [-0.05, 0) is 30.1 Å². The van der Waals surface area contributed by atoms with Crippen LogP contribution in [0.5, 0.6) is 0 Å². The first-order valence-corrected chi connectivity index (χ1v) is 9.37. The summed E-state index contributed by atoms with van der Waals surface area (Å²) in [6.07, 6.45) is -1.52. The van der Waals surface area contributed by atoms with Gasteiger partial charge in [0.1, 0.15) is 12.1 Å². The van der Waals surface area contributed by atoms with Gasteiger partial charge < -0.3 is 15.3 Å². The number of amides is 2. The van der Waals surface area contributed by atoms with Gasteiger partial charge in [0.15, 0.2) is 0 Å². The van der Waals surface area contributed by atoms with Crippen molar-refractivity contribution >= 4 is 17.8 Å². The normalized spacial score (nSPS) is 31.1. The van der Waals surface area contributed by atoms with Gasteiger partial charge in [-0.25, -0.2) is 4.79 Å². The molecule has 2 aliphatic carbocycles. The number of carbonyl (C=O) groups is 3. The molecule has 1 aliphatic heterocycles. The maximum atomic E-state index is 13.1. The number of carboxylic acids is 1. The lowest BCUT2D eigenvalue weighted by molar-refractivity contribution is -0.176. The van der Waals surface area contributed by atoms with Crippen molar-refractivity contribution in [2.75, 3.05) is 6.54 Å². The van der Waals surface area contributed by atoms with Gasteiger partial charge in [0.2, 0.25) is 5.91 Å². The first-order chi connectivity index (χ1) is 12.5. The van der Waals surface area contributed by atoms with Crippen molar-refractivity contribution in [1.29, 1.82) is 0 Å². The lowest BCUT2D eigenvalue weighted by atomic mass is 9.83. The molecule has 3 aliphatic rings. The number of alkyl halides is 3. The van der Waals surface area contributed by atoms with Crippen LogP contribution in [-0.2, 0) is 14.4 Å². The van der Waals surface area contributed by atoms with Crippen LogP contribution in [0, 0.1) is 23.2 Å².